The third kappa shape index (κ3) is 8.70. The van der Waals surface area contributed by atoms with Crippen molar-refractivity contribution in [2.75, 3.05) is 13.2 Å². The van der Waals surface area contributed by atoms with Gasteiger partial charge in [-0.2, -0.15) is 0 Å². The Hall–Kier alpha value is -2.27. The summed E-state index contributed by atoms with van der Waals surface area (Å²) in [6, 6.07) is 1.64. The number of carbonyl (C=O) groups excluding carboxylic acids is 1. The van der Waals surface area contributed by atoms with E-state index in [0.29, 0.717) is 30.4 Å². The van der Waals surface area contributed by atoms with Gasteiger partial charge in [-0.05, 0) is 76.8 Å². The summed E-state index contributed by atoms with van der Waals surface area (Å²) < 4.78 is 5.43. The van der Waals surface area contributed by atoms with Crippen LogP contribution in [0.1, 0.15) is 106 Å². The van der Waals surface area contributed by atoms with Crippen LogP contribution < -0.4 is 0 Å². The standard InChI is InChI=1S/C24H36O5.C3H6/c1-3-4-6-11-19-16-20(26)21(18-12-9-10-17(2)15-18)23(27)22(19)24(28)29-14-8-5-7-13-25;1-3-2/h15-16,18,25-27H,3-14H2,1-2H3;3H,1H2,2H3. The number of aliphatic hydroxyl groups excluding tert-OH is 1. The number of benzene rings is 1. The van der Waals surface area contributed by atoms with Gasteiger partial charge >= 0.3 is 5.97 Å². The van der Waals surface area contributed by atoms with E-state index in [1.807, 2.05) is 6.92 Å². The molecule has 5 nitrogen and oxygen atoms in total. The second-order valence-electron chi connectivity index (χ2n) is 8.49. The average molecular weight is 447 g/mol. The molecule has 2 rings (SSSR count). The number of esters is 1. The van der Waals surface area contributed by atoms with E-state index in [4.69, 9.17) is 9.84 Å². The summed E-state index contributed by atoms with van der Waals surface area (Å²) in [5, 5.41) is 30.6. The van der Waals surface area contributed by atoms with Gasteiger partial charge in [-0.3, -0.25) is 0 Å². The molecular formula is C27H42O5. The normalized spacial score (nSPS) is 15.4. The summed E-state index contributed by atoms with van der Waals surface area (Å²) in [5.74, 6) is -0.697. The Kier molecular flexibility index (Phi) is 13.5. The monoisotopic (exact) mass is 446 g/mol. The molecule has 0 spiro atoms. The Morgan fingerprint density at radius 2 is 1.94 bits per heavy atom. The minimum atomic E-state index is -0.532. The van der Waals surface area contributed by atoms with Crippen LogP contribution in [0, 0.1) is 0 Å². The second kappa shape index (κ2) is 15.5. The van der Waals surface area contributed by atoms with E-state index in [1.165, 1.54) is 5.57 Å². The van der Waals surface area contributed by atoms with Gasteiger partial charge in [0.15, 0.2) is 0 Å². The predicted molar refractivity (Wildman–Crippen MR) is 130 cm³/mol. The molecule has 0 aliphatic heterocycles. The largest absolute Gasteiger partial charge is 0.507 e. The second-order valence-corrected chi connectivity index (χ2v) is 8.49. The smallest absolute Gasteiger partial charge is 0.342 e. The van der Waals surface area contributed by atoms with Crippen molar-refractivity contribution in [1.82, 2.24) is 0 Å². The van der Waals surface area contributed by atoms with Crippen LogP contribution >= 0.6 is 0 Å². The number of unbranched alkanes of at least 4 members (excludes halogenated alkanes) is 4. The van der Waals surface area contributed by atoms with Crippen molar-refractivity contribution < 1.29 is 24.9 Å². The number of phenols is 2. The van der Waals surface area contributed by atoms with Crippen LogP contribution in [0.4, 0.5) is 0 Å². The molecular weight excluding hydrogens is 404 g/mol. The van der Waals surface area contributed by atoms with Gasteiger partial charge in [0.1, 0.15) is 17.1 Å². The SMILES string of the molecule is C=CC.CCCCCc1cc(O)c(C2C=C(C)CCC2)c(O)c1C(=O)OCCCCCO. The first kappa shape index (κ1) is 27.8. The van der Waals surface area contributed by atoms with E-state index in [0.717, 1.165) is 44.9 Å². The van der Waals surface area contributed by atoms with Crippen LogP contribution in [0.3, 0.4) is 0 Å². The predicted octanol–water partition coefficient (Wildman–Crippen LogP) is 6.56. The Labute approximate surface area is 193 Å². The number of allylic oxidation sites excluding steroid dienone is 3. The number of aromatic hydroxyl groups is 2. The zero-order valence-corrected chi connectivity index (χ0v) is 20.2. The molecule has 1 aromatic rings. The summed E-state index contributed by atoms with van der Waals surface area (Å²) in [7, 11) is 0. The topological polar surface area (TPSA) is 87.0 Å². The molecule has 3 N–H and O–H groups in total. The van der Waals surface area contributed by atoms with Crippen molar-refractivity contribution in [1.29, 1.82) is 0 Å². The maximum Gasteiger partial charge on any atom is 0.342 e. The van der Waals surface area contributed by atoms with Crippen molar-refractivity contribution in [3.63, 3.8) is 0 Å². The number of phenolic OH excluding ortho intramolecular Hbond substituents is 2. The Balaban J connectivity index is 0.00000161. The van der Waals surface area contributed by atoms with Gasteiger partial charge in [0.05, 0.1) is 6.61 Å². The van der Waals surface area contributed by atoms with E-state index >= 15 is 0 Å². The molecule has 0 bridgehead atoms. The number of hydrogen-bond donors (Lipinski definition) is 3. The molecule has 1 aromatic carbocycles. The van der Waals surface area contributed by atoms with Crippen molar-refractivity contribution >= 4 is 5.97 Å². The molecule has 0 radical (unpaired) electrons. The fourth-order valence-electron chi connectivity index (χ4n) is 4.05. The van der Waals surface area contributed by atoms with Crippen molar-refractivity contribution in [3.05, 3.63) is 47.1 Å². The third-order valence-electron chi connectivity index (χ3n) is 5.63. The lowest BCUT2D eigenvalue weighted by Gasteiger charge is -2.24. The first-order valence-electron chi connectivity index (χ1n) is 12.0. The number of aliphatic hydroxyl groups is 1. The van der Waals surface area contributed by atoms with Gasteiger partial charge in [0.25, 0.3) is 0 Å². The molecule has 0 aromatic heterocycles. The summed E-state index contributed by atoms with van der Waals surface area (Å²) >= 11 is 0. The van der Waals surface area contributed by atoms with Gasteiger partial charge in [-0.1, -0.05) is 37.5 Å². The maximum absolute atomic E-state index is 12.8. The number of hydrogen-bond acceptors (Lipinski definition) is 5. The first-order valence-corrected chi connectivity index (χ1v) is 12.0. The summed E-state index contributed by atoms with van der Waals surface area (Å²) in [6.07, 6.45) is 12.4. The fourth-order valence-corrected chi connectivity index (χ4v) is 4.05. The van der Waals surface area contributed by atoms with Crippen LogP contribution in [0.5, 0.6) is 11.5 Å². The third-order valence-corrected chi connectivity index (χ3v) is 5.63. The van der Waals surface area contributed by atoms with E-state index < -0.39 is 5.97 Å². The molecule has 0 saturated heterocycles. The van der Waals surface area contributed by atoms with Crippen LogP contribution in [0.15, 0.2) is 30.4 Å². The maximum atomic E-state index is 12.8. The summed E-state index contributed by atoms with van der Waals surface area (Å²) in [4.78, 5) is 12.8. The first-order chi connectivity index (χ1) is 15.4. The fraction of sp³-hybridized carbons (Fsp3) is 0.593. The van der Waals surface area contributed by atoms with Crippen molar-refractivity contribution in [2.45, 2.75) is 90.9 Å². The number of rotatable bonds is 11. The van der Waals surface area contributed by atoms with Crippen LogP contribution in [0.25, 0.3) is 0 Å². The van der Waals surface area contributed by atoms with Gasteiger partial charge in [-0.25, -0.2) is 4.79 Å². The van der Waals surface area contributed by atoms with Gasteiger partial charge in [-0.15, -0.1) is 6.58 Å². The summed E-state index contributed by atoms with van der Waals surface area (Å²) in [5.41, 5.74) is 2.53. The zero-order chi connectivity index (χ0) is 23.9. The van der Waals surface area contributed by atoms with E-state index in [9.17, 15) is 15.0 Å². The molecule has 1 unspecified atom stereocenters. The van der Waals surface area contributed by atoms with Crippen LogP contribution in [0.2, 0.25) is 0 Å². The van der Waals surface area contributed by atoms with Gasteiger partial charge in [0.2, 0.25) is 0 Å². The van der Waals surface area contributed by atoms with Crippen molar-refractivity contribution in [2.24, 2.45) is 0 Å². The quantitative estimate of drug-likeness (QED) is 0.204. The molecule has 32 heavy (non-hydrogen) atoms. The van der Waals surface area contributed by atoms with Crippen LogP contribution in [-0.4, -0.2) is 34.5 Å². The average Bonchev–Trinajstić information content (AvgIpc) is 2.74. The lowest BCUT2D eigenvalue weighted by molar-refractivity contribution is 0.0492. The van der Waals surface area contributed by atoms with Crippen LogP contribution in [-0.2, 0) is 11.2 Å². The highest BCUT2D eigenvalue weighted by molar-refractivity contribution is 5.95. The Morgan fingerprint density at radius 1 is 1.22 bits per heavy atom. The molecule has 0 saturated carbocycles. The highest BCUT2D eigenvalue weighted by Gasteiger charge is 2.28. The van der Waals surface area contributed by atoms with E-state index in [1.54, 1.807) is 12.1 Å². The number of carbonyl (C=O) groups is 1. The van der Waals surface area contributed by atoms with E-state index in [-0.39, 0.29) is 36.2 Å². The van der Waals surface area contributed by atoms with Gasteiger partial charge < -0.3 is 20.1 Å². The molecule has 5 heteroatoms. The lowest BCUT2D eigenvalue weighted by Crippen LogP contribution is -2.13. The number of ether oxygens (including phenoxy) is 1. The highest BCUT2D eigenvalue weighted by atomic mass is 16.5. The molecule has 1 atom stereocenters. The zero-order valence-electron chi connectivity index (χ0n) is 20.2. The molecule has 0 amide bonds. The summed E-state index contributed by atoms with van der Waals surface area (Å²) in [6.45, 7) is 9.80. The van der Waals surface area contributed by atoms with E-state index in [2.05, 4.69) is 26.5 Å². The Bertz CT molecular complexity index is 751. The lowest BCUT2D eigenvalue weighted by atomic mass is 9.83. The highest BCUT2D eigenvalue weighted by Crippen LogP contribution is 2.44. The number of aryl methyl sites for hydroxylation is 1. The molecule has 0 fully saturated rings. The molecule has 1 aliphatic carbocycles. The molecule has 0 heterocycles. The molecule has 1 aliphatic rings. The van der Waals surface area contributed by atoms with Gasteiger partial charge in [0, 0.05) is 18.1 Å². The minimum Gasteiger partial charge on any atom is -0.507 e. The minimum absolute atomic E-state index is 0.0597. The molecule has 180 valence electrons. The van der Waals surface area contributed by atoms with Crippen molar-refractivity contribution in [3.8, 4) is 11.5 Å². The Morgan fingerprint density at radius 3 is 2.56 bits per heavy atom.